The molecule has 2 heterocycles. The van der Waals surface area contributed by atoms with Crippen LogP contribution in [0.5, 0.6) is 0 Å². The Bertz CT molecular complexity index is 1320. The molecule has 0 saturated carbocycles. The van der Waals surface area contributed by atoms with Gasteiger partial charge in [-0.25, -0.2) is 22.6 Å². The number of nitriles is 2. The number of halogens is 1. The summed E-state index contributed by atoms with van der Waals surface area (Å²) in [5.41, 5.74) is -1.02. The topological polar surface area (TPSA) is 140 Å². The van der Waals surface area contributed by atoms with E-state index in [0.29, 0.717) is 0 Å². The highest BCUT2D eigenvalue weighted by Crippen LogP contribution is 2.32. The lowest BCUT2D eigenvalue weighted by Gasteiger charge is -2.36. The minimum atomic E-state index is -3.91. The van der Waals surface area contributed by atoms with Crippen LogP contribution in [0.1, 0.15) is 31.9 Å². The fourth-order valence-electron chi connectivity index (χ4n) is 3.33. The summed E-state index contributed by atoms with van der Waals surface area (Å²) in [6, 6.07) is 7.38. The smallest absolute Gasteiger partial charge is 0.410 e. The molecule has 0 aliphatic carbocycles. The first-order valence-electron chi connectivity index (χ1n) is 10.3. The molecule has 0 spiro atoms. The molecule has 10 nitrogen and oxygen atoms in total. The quantitative estimate of drug-likeness (QED) is 0.598. The van der Waals surface area contributed by atoms with Crippen molar-refractivity contribution in [3.63, 3.8) is 0 Å². The van der Waals surface area contributed by atoms with Crippen LogP contribution in [0.4, 0.5) is 15.0 Å². The van der Waals surface area contributed by atoms with Crippen molar-refractivity contribution in [3.8, 4) is 23.4 Å². The standard InChI is InChI=1S/C22H23FN6O4S/c1-22(2,3)33-21(30)29-9-7-28(8-10-29)19-16(13-25)18(26-20(27-19)34(4,31)32)15-6-5-14(12-24)11-17(15)23/h5-6,11H,7-10H2,1-4H3. The average Bonchev–Trinajstić information content (AvgIpc) is 2.76. The van der Waals surface area contributed by atoms with Gasteiger partial charge in [-0.1, -0.05) is 0 Å². The zero-order chi connectivity index (χ0) is 25.3. The number of carbonyl (C=O) groups excluding carboxylic acids is 1. The number of hydrogen-bond donors (Lipinski definition) is 0. The van der Waals surface area contributed by atoms with E-state index in [1.807, 2.05) is 12.1 Å². The van der Waals surface area contributed by atoms with Crippen molar-refractivity contribution in [3.05, 3.63) is 35.1 Å². The normalized spacial score (nSPS) is 14.3. The summed E-state index contributed by atoms with van der Waals surface area (Å²) in [6.07, 6.45) is 0.435. The molecular weight excluding hydrogens is 463 g/mol. The molecule has 12 heteroatoms. The summed E-state index contributed by atoms with van der Waals surface area (Å²) >= 11 is 0. The number of sulfone groups is 1. The lowest BCUT2D eigenvalue weighted by atomic mass is 10.0. The van der Waals surface area contributed by atoms with E-state index in [1.54, 1.807) is 25.7 Å². The highest BCUT2D eigenvalue weighted by molar-refractivity contribution is 7.90. The molecule has 34 heavy (non-hydrogen) atoms. The largest absolute Gasteiger partial charge is 0.444 e. The molecule has 0 atom stereocenters. The third kappa shape index (κ3) is 5.41. The van der Waals surface area contributed by atoms with Crippen LogP contribution in [0.2, 0.25) is 0 Å². The highest BCUT2D eigenvalue weighted by Gasteiger charge is 2.30. The number of rotatable bonds is 3. The molecule has 178 valence electrons. The number of amides is 1. The van der Waals surface area contributed by atoms with E-state index < -0.39 is 32.5 Å². The lowest BCUT2D eigenvalue weighted by molar-refractivity contribution is 0.0240. The predicted molar refractivity (Wildman–Crippen MR) is 120 cm³/mol. The Kier molecular flexibility index (Phi) is 6.75. The SMILES string of the molecule is CC(C)(C)OC(=O)N1CCN(c2nc(S(C)(=O)=O)nc(-c3ccc(C#N)cc3F)c2C#N)CC1. The van der Waals surface area contributed by atoms with Crippen molar-refractivity contribution in [1.82, 2.24) is 14.9 Å². The van der Waals surface area contributed by atoms with Gasteiger partial charge in [0.15, 0.2) is 5.82 Å². The van der Waals surface area contributed by atoms with Crippen LogP contribution in [0, 0.1) is 28.5 Å². The Morgan fingerprint density at radius 1 is 1.12 bits per heavy atom. The van der Waals surface area contributed by atoms with E-state index in [-0.39, 0.29) is 54.4 Å². The first kappa shape index (κ1) is 24.9. The molecule has 0 unspecified atom stereocenters. The number of anilines is 1. The second-order valence-electron chi connectivity index (χ2n) is 8.70. The van der Waals surface area contributed by atoms with E-state index in [4.69, 9.17) is 10.00 Å². The monoisotopic (exact) mass is 486 g/mol. The molecular formula is C22H23FN6O4S. The fourth-order valence-corrected chi connectivity index (χ4v) is 3.83. The van der Waals surface area contributed by atoms with E-state index in [1.165, 1.54) is 17.0 Å². The van der Waals surface area contributed by atoms with Gasteiger partial charge in [-0.05, 0) is 39.0 Å². The zero-order valence-electron chi connectivity index (χ0n) is 19.2. The first-order valence-corrected chi connectivity index (χ1v) is 12.2. The maximum atomic E-state index is 14.8. The molecule has 1 aromatic carbocycles. The fraction of sp³-hybridized carbons (Fsp3) is 0.409. The van der Waals surface area contributed by atoms with Crippen LogP contribution in [0.3, 0.4) is 0 Å². The maximum Gasteiger partial charge on any atom is 0.410 e. The molecule has 2 aromatic rings. The molecule has 3 rings (SSSR count). The summed E-state index contributed by atoms with van der Waals surface area (Å²) < 4.78 is 44.7. The van der Waals surface area contributed by atoms with Crippen LogP contribution in [-0.2, 0) is 14.6 Å². The minimum Gasteiger partial charge on any atom is -0.444 e. The molecule has 1 aliphatic rings. The zero-order valence-corrected chi connectivity index (χ0v) is 20.0. The van der Waals surface area contributed by atoms with E-state index in [2.05, 4.69) is 9.97 Å². The van der Waals surface area contributed by atoms with Crippen molar-refractivity contribution >= 4 is 21.7 Å². The summed E-state index contributed by atoms with van der Waals surface area (Å²) in [5.74, 6) is -0.796. The van der Waals surface area contributed by atoms with Crippen LogP contribution >= 0.6 is 0 Å². The number of piperazine rings is 1. The van der Waals surface area contributed by atoms with Gasteiger partial charge in [0.05, 0.1) is 17.3 Å². The molecule has 1 saturated heterocycles. The number of ether oxygens (including phenoxy) is 1. The number of nitrogens with zero attached hydrogens (tertiary/aromatic N) is 6. The van der Waals surface area contributed by atoms with E-state index >= 15 is 0 Å². The van der Waals surface area contributed by atoms with Gasteiger partial charge in [-0.2, -0.15) is 15.5 Å². The molecule has 1 amide bonds. The van der Waals surface area contributed by atoms with Crippen molar-refractivity contribution < 1.29 is 22.3 Å². The first-order chi connectivity index (χ1) is 15.8. The van der Waals surface area contributed by atoms with Crippen LogP contribution in [0.15, 0.2) is 23.4 Å². The van der Waals surface area contributed by atoms with Crippen molar-refractivity contribution in [2.75, 3.05) is 37.3 Å². The van der Waals surface area contributed by atoms with Crippen LogP contribution < -0.4 is 4.90 Å². The van der Waals surface area contributed by atoms with E-state index in [0.717, 1.165) is 12.3 Å². The Hall–Kier alpha value is -3.77. The number of hydrogen-bond acceptors (Lipinski definition) is 9. The molecule has 0 radical (unpaired) electrons. The van der Waals surface area contributed by atoms with Gasteiger partial charge in [0.2, 0.25) is 15.0 Å². The molecule has 1 fully saturated rings. The molecule has 1 aliphatic heterocycles. The second-order valence-corrected chi connectivity index (χ2v) is 10.6. The van der Waals surface area contributed by atoms with Crippen LogP contribution in [0.25, 0.3) is 11.3 Å². The summed E-state index contributed by atoms with van der Waals surface area (Å²) in [4.78, 5) is 23.6. The molecule has 0 N–H and O–H groups in total. The van der Waals surface area contributed by atoms with Gasteiger partial charge < -0.3 is 14.5 Å². The molecule has 0 bridgehead atoms. The highest BCUT2D eigenvalue weighted by atomic mass is 32.2. The number of aromatic nitrogens is 2. The lowest BCUT2D eigenvalue weighted by Crippen LogP contribution is -2.50. The number of benzene rings is 1. The summed E-state index contributed by atoms with van der Waals surface area (Å²) in [5, 5.41) is 18.3. The third-order valence-corrected chi connectivity index (χ3v) is 5.74. The van der Waals surface area contributed by atoms with Gasteiger partial charge >= 0.3 is 6.09 Å². The Morgan fingerprint density at radius 2 is 1.76 bits per heavy atom. The summed E-state index contributed by atoms with van der Waals surface area (Å²) in [7, 11) is -3.91. The van der Waals surface area contributed by atoms with Crippen molar-refractivity contribution in [2.24, 2.45) is 0 Å². The second kappa shape index (κ2) is 9.23. The third-order valence-electron chi connectivity index (χ3n) is 4.90. The minimum absolute atomic E-state index is 0.0283. The summed E-state index contributed by atoms with van der Waals surface area (Å²) in [6.45, 7) is 6.26. The average molecular weight is 487 g/mol. The van der Waals surface area contributed by atoms with Gasteiger partial charge in [-0.3, -0.25) is 0 Å². The van der Waals surface area contributed by atoms with Crippen LogP contribution in [-0.4, -0.2) is 67.4 Å². The Labute approximate surface area is 197 Å². The molecule has 1 aromatic heterocycles. The van der Waals surface area contributed by atoms with Crippen molar-refractivity contribution in [2.45, 2.75) is 31.5 Å². The number of carbonyl (C=O) groups is 1. The van der Waals surface area contributed by atoms with Gasteiger partial charge in [0.1, 0.15) is 23.1 Å². The van der Waals surface area contributed by atoms with E-state index in [9.17, 15) is 22.9 Å². The van der Waals surface area contributed by atoms with Crippen molar-refractivity contribution in [1.29, 1.82) is 10.5 Å². The van der Waals surface area contributed by atoms with Gasteiger partial charge in [0, 0.05) is 38.0 Å². The van der Waals surface area contributed by atoms with Gasteiger partial charge in [-0.15, -0.1) is 0 Å². The predicted octanol–water partition coefficient (Wildman–Crippen LogP) is 2.49. The Morgan fingerprint density at radius 3 is 2.26 bits per heavy atom. The van der Waals surface area contributed by atoms with Gasteiger partial charge in [0.25, 0.3) is 0 Å². The maximum absolute atomic E-state index is 14.8. The Balaban J connectivity index is 2.04.